The zero-order chi connectivity index (χ0) is 13.9. The Morgan fingerprint density at radius 3 is 2.50 bits per heavy atom. The van der Waals surface area contributed by atoms with Gasteiger partial charge in [-0.2, -0.15) is 13.2 Å². The fourth-order valence-electron chi connectivity index (χ4n) is 1.57. The predicted octanol–water partition coefficient (Wildman–Crippen LogP) is 2.52. The number of rotatable bonds is 3. The Labute approximate surface area is 103 Å². The first kappa shape index (κ1) is 14.3. The molecule has 100 valence electrons. The lowest BCUT2D eigenvalue weighted by Gasteiger charge is -2.20. The van der Waals surface area contributed by atoms with Gasteiger partial charge in [0.05, 0.1) is 7.11 Å². The number of nitrogens with zero attached hydrogens (tertiary/aromatic N) is 1. The highest BCUT2D eigenvalue weighted by atomic mass is 19.4. The Kier molecular flexibility index (Phi) is 4.21. The van der Waals surface area contributed by atoms with E-state index >= 15 is 0 Å². The van der Waals surface area contributed by atoms with Crippen LogP contribution in [-0.4, -0.2) is 31.1 Å². The van der Waals surface area contributed by atoms with Crippen molar-refractivity contribution in [2.24, 2.45) is 0 Å². The number of alkyl halides is 3. The van der Waals surface area contributed by atoms with Gasteiger partial charge in [-0.25, -0.2) is 0 Å². The van der Waals surface area contributed by atoms with Crippen molar-refractivity contribution in [3.05, 3.63) is 29.3 Å². The second kappa shape index (κ2) is 5.29. The molecule has 0 radical (unpaired) electrons. The number of halogens is 3. The Hall–Kier alpha value is -1.72. The molecule has 1 aromatic rings. The lowest BCUT2D eigenvalue weighted by molar-refractivity contribution is -0.184. The molecule has 1 amide bonds. The number of ether oxygens (including phenoxy) is 1. The molecule has 0 aliphatic rings. The van der Waals surface area contributed by atoms with E-state index in [1.165, 1.54) is 7.11 Å². The monoisotopic (exact) mass is 261 g/mol. The van der Waals surface area contributed by atoms with Crippen LogP contribution in [0.25, 0.3) is 0 Å². The molecule has 0 N–H and O–H groups in total. The number of benzene rings is 1. The molecule has 0 aliphatic carbocycles. The van der Waals surface area contributed by atoms with Crippen molar-refractivity contribution >= 4 is 5.91 Å². The molecule has 0 aliphatic heterocycles. The molecule has 18 heavy (non-hydrogen) atoms. The molecule has 1 aromatic carbocycles. The van der Waals surface area contributed by atoms with E-state index in [0.717, 1.165) is 12.6 Å². The third-order valence-electron chi connectivity index (χ3n) is 2.43. The summed E-state index contributed by atoms with van der Waals surface area (Å²) >= 11 is 0. The number of amides is 1. The lowest BCUT2D eigenvalue weighted by atomic mass is 10.1. The summed E-state index contributed by atoms with van der Waals surface area (Å²) in [6.45, 7) is 1.66. The number of carbonyl (C=O) groups is 1. The Bertz CT molecular complexity index is 443. The first-order valence-corrected chi connectivity index (χ1v) is 5.21. The van der Waals surface area contributed by atoms with Gasteiger partial charge in [0, 0.05) is 19.2 Å². The van der Waals surface area contributed by atoms with Gasteiger partial charge in [0.2, 0.25) is 0 Å². The number of aryl methyl sites for hydroxylation is 1. The second-order valence-corrected chi connectivity index (χ2v) is 3.97. The highest BCUT2D eigenvalue weighted by molar-refractivity contribution is 5.81. The van der Waals surface area contributed by atoms with Crippen LogP contribution in [0.5, 0.6) is 5.75 Å². The minimum atomic E-state index is -4.86. The minimum absolute atomic E-state index is 0.150. The van der Waals surface area contributed by atoms with Crippen LogP contribution < -0.4 is 4.74 Å². The molecule has 0 heterocycles. The van der Waals surface area contributed by atoms with E-state index in [2.05, 4.69) is 0 Å². The van der Waals surface area contributed by atoms with E-state index in [0.29, 0.717) is 16.2 Å². The van der Waals surface area contributed by atoms with Crippen molar-refractivity contribution in [3.63, 3.8) is 0 Å². The van der Waals surface area contributed by atoms with Gasteiger partial charge in [0.15, 0.2) is 0 Å². The average molecular weight is 261 g/mol. The lowest BCUT2D eigenvalue weighted by Crippen LogP contribution is -2.38. The van der Waals surface area contributed by atoms with Gasteiger partial charge in [-0.1, -0.05) is 17.7 Å². The predicted molar refractivity (Wildman–Crippen MR) is 60.3 cm³/mol. The number of methoxy groups -OCH3 is 1. The molecule has 6 heteroatoms. The van der Waals surface area contributed by atoms with Crippen molar-refractivity contribution in [3.8, 4) is 5.75 Å². The SMILES string of the molecule is COc1ccc(C)cc1CN(C)C(=O)C(F)(F)F. The zero-order valence-electron chi connectivity index (χ0n) is 10.3. The number of hydrogen-bond donors (Lipinski definition) is 0. The molecule has 0 fully saturated rings. The molecule has 3 nitrogen and oxygen atoms in total. The molecular weight excluding hydrogens is 247 g/mol. The maximum atomic E-state index is 12.2. The van der Waals surface area contributed by atoms with Crippen LogP contribution in [0.3, 0.4) is 0 Å². The Morgan fingerprint density at radius 2 is 2.00 bits per heavy atom. The third kappa shape index (κ3) is 3.38. The summed E-state index contributed by atoms with van der Waals surface area (Å²) in [5.74, 6) is -1.41. The normalized spacial score (nSPS) is 11.2. The molecule has 0 spiro atoms. The quantitative estimate of drug-likeness (QED) is 0.836. The summed E-state index contributed by atoms with van der Waals surface area (Å²) in [6, 6.07) is 5.14. The molecule has 0 bridgehead atoms. The summed E-state index contributed by atoms with van der Waals surface area (Å²) in [4.78, 5) is 11.6. The largest absolute Gasteiger partial charge is 0.496 e. The van der Waals surface area contributed by atoms with E-state index in [4.69, 9.17) is 4.74 Å². The van der Waals surface area contributed by atoms with E-state index in [1.54, 1.807) is 18.2 Å². The zero-order valence-corrected chi connectivity index (χ0v) is 10.3. The standard InChI is InChI=1S/C12H14F3NO2/c1-8-4-5-10(18-3)9(6-8)7-16(2)11(17)12(13,14)15/h4-6H,7H2,1-3H3. The Balaban J connectivity index is 2.91. The molecule has 0 saturated carbocycles. The van der Waals surface area contributed by atoms with Crippen LogP contribution in [0.15, 0.2) is 18.2 Å². The summed E-state index contributed by atoms with van der Waals surface area (Å²) < 4.78 is 41.8. The van der Waals surface area contributed by atoms with Gasteiger partial charge in [-0.15, -0.1) is 0 Å². The highest BCUT2D eigenvalue weighted by Gasteiger charge is 2.41. The van der Waals surface area contributed by atoms with Crippen LogP contribution in [0, 0.1) is 6.92 Å². The molecule has 0 unspecified atom stereocenters. The number of hydrogen-bond acceptors (Lipinski definition) is 2. The van der Waals surface area contributed by atoms with Crippen molar-refractivity contribution in [1.82, 2.24) is 4.90 Å². The summed E-state index contributed by atoms with van der Waals surface area (Å²) in [5.41, 5.74) is 1.43. The Morgan fingerprint density at radius 1 is 1.39 bits per heavy atom. The first-order chi connectivity index (χ1) is 8.25. The molecule has 0 aromatic heterocycles. The van der Waals surface area contributed by atoms with Crippen molar-refractivity contribution in [2.45, 2.75) is 19.6 Å². The van der Waals surface area contributed by atoms with Crippen LogP contribution in [-0.2, 0) is 11.3 Å². The first-order valence-electron chi connectivity index (χ1n) is 5.21. The van der Waals surface area contributed by atoms with E-state index in [1.807, 2.05) is 6.92 Å². The average Bonchev–Trinajstić information content (AvgIpc) is 2.27. The smallest absolute Gasteiger partial charge is 0.471 e. The van der Waals surface area contributed by atoms with Crippen molar-refractivity contribution in [1.29, 1.82) is 0 Å². The van der Waals surface area contributed by atoms with Gasteiger partial charge in [0.1, 0.15) is 5.75 Å². The highest BCUT2D eigenvalue weighted by Crippen LogP contribution is 2.23. The fraction of sp³-hybridized carbons (Fsp3) is 0.417. The maximum Gasteiger partial charge on any atom is 0.471 e. The van der Waals surface area contributed by atoms with Crippen LogP contribution in [0.2, 0.25) is 0 Å². The minimum Gasteiger partial charge on any atom is -0.496 e. The van der Waals surface area contributed by atoms with Gasteiger partial charge < -0.3 is 9.64 Å². The van der Waals surface area contributed by atoms with Crippen molar-refractivity contribution in [2.75, 3.05) is 14.2 Å². The van der Waals surface area contributed by atoms with E-state index in [-0.39, 0.29) is 6.54 Å². The maximum absolute atomic E-state index is 12.2. The van der Waals surface area contributed by atoms with Gasteiger partial charge in [-0.3, -0.25) is 4.79 Å². The van der Waals surface area contributed by atoms with Gasteiger partial charge >= 0.3 is 12.1 Å². The topological polar surface area (TPSA) is 29.5 Å². The van der Waals surface area contributed by atoms with Gasteiger partial charge in [0.25, 0.3) is 0 Å². The van der Waals surface area contributed by atoms with Crippen LogP contribution >= 0.6 is 0 Å². The molecular formula is C12H14F3NO2. The van der Waals surface area contributed by atoms with Gasteiger partial charge in [-0.05, 0) is 13.0 Å². The molecule has 0 saturated heterocycles. The number of carbonyl (C=O) groups excluding carboxylic acids is 1. The molecule has 1 rings (SSSR count). The van der Waals surface area contributed by atoms with Crippen LogP contribution in [0.1, 0.15) is 11.1 Å². The summed E-state index contributed by atoms with van der Waals surface area (Å²) in [5, 5.41) is 0. The third-order valence-corrected chi connectivity index (χ3v) is 2.43. The summed E-state index contributed by atoms with van der Waals surface area (Å²) in [6.07, 6.45) is -4.86. The molecule has 0 atom stereocenters. The van der Waals surface area contributed by atoms with E-state index in [9.17, 15) is 18.0 Å². The van der Waals surface area contributed by atoms with Crippen molar-refractivity contribution < 1.29 is 22.7 Å². The fourth-order valence-corrected chi connectivity index (χ4v) is 1.57. The van der Waals surface area contributed by atoms with Crippen LogP contribution in [0.4, 0.5) is 13.2 Å². The second-order valence-electron chi connectivity index (χ2n) is 3.97. The van der Waals surface area contributed by atoms with E-state index < -0.39 is 12.1 Å². The summed E-state index contributed by atoms with van der Waals surface area (Å²) in [7, 11) is 2.54.